The number of rotatable bonds is 5. The van der Waals surface area contributed by atoms with E-state index in [9.17, 15) is 10.2 Å². The largest absolute Gasteiger partial charge is 0.394 e. The summed E-state index contributed by atoms with van der Waals surface area (Å²) in [6.07, 6.45) is 3.77. The van der Waals surface area contributed by atoms with Crippen LogP contribution in [0.4, 0.5) is 0 Å². The van der Waals surface area contributed by atoms with Crippen molar-refractivity contribution in [2.24, 2.45) is 0 Å². The Kier molecular flexibility index (Phi) is 4.38. The molecule has 18 heavy (non-hydrogen) atoms. The lowest BCUT2D eigenvalue weighted by Crippen LogP contribution is -2.52. The monoisotopic (exact) mass is 249 g/mol. The zero-order chi connectivity index (χ0) is 13.0. The van der Waals surface area contributed by atoms with Gasteiger partial charge in [-0.15, -0.1) is 0 Å². The molecule has 1 aliphatic rings. The maximum Gasteiger partial charge on any atom is 0.0940 e. The highest BCUT2D eigenvalue weighted by atomic mass is 16.3. The molecule has 1 aromatic rings. The number of aliphatic hydroxyl groups excluding tert-OH is 2. The quantitative estimate of drug-likeness (QED) is 0.748. The van der Waals surface area contributed by atoms with Gasteiger partial charge in [0, 0.05) is 11.6 Å². The number of hydrogen-bond donors (Lipinski definition) is 3. The Morgan fingerprint density at radius 1 is 1.22 bits per heavy atom. The summed E-state index contributed by atoms with van der Waals surface area (Å²) in [5.41, 5.74) is 0.735. The number of aliphatic hydroxyl groups is 2. The predicted octanol–water partition coefficient (Wildman–Crippen LogP) is 2.00. The molecule has 0 saturated heterocycles. The second-order valence-corrected chi connectivity index (χ2v) is 5.43. The Labute approximate surface area is 109 Å². The summed E-state index contributed by atoms with van der Waals surface area (Å²) in [4.78, 5) is 0. The first-order valence-corrected chi connectivity index (χ1v) is 6.78. The molecule has 3 N–H and O–H groups in total. The smallest absolute Gasteiger partial charge is 0.0940 e. The van der Waals surface area contributed by atoms with Crippen molar-refractivity contribution in [3.05, 3.63) is 35.9 Å². The SMILES string of the molecule is CC(NC1(CO)CCCC1)C(O)c1ccccc1. The van der Waals surface area contributed by atoms with Gasteiger partial charge >= 0.3 is 0 Å². The van der Waals surface area contributed by atoms with Crippen LogP contribution in [0.25, 0.3) is 0 Å². The molecule has 0 amide bonds. The van der Waals surface area contributed by atoms with Crippen LogP contribution in [0.5, 0.6) is 0 Å². The molecule has 2 atom stereocenters. The molecule has 0 heterocycles. The number of hydrogen-bond acceptors (Lipinski definition) is 3. The molecule has 2 unspecified atom stereocenters. The highest BCUT2D eigenvalue weighted by Gasteiger charge is 2.35. The summed E-state index contributed by atoms with van der Waals surface area (Å²) in [5.74, 6) is 0. The molecule has 0 bridgehead atoms. The number of nitrogens with one attached hydrogen (secondary N) is 1. The molecular weight excluding hydrogens is 226 g/mol. The average Bonchev–Trinajstić information content (AvgIpc) is 2.88. The van der Waals surface area contributed by atoms with Gasteiger partial charge in [0.15, 0.2) is 0 Å². The molecule has 2 rings (SSSR count). The summed E-state index contributed by atoms with van der Waals surface area (Å²) >= 11 is 0. The van der Waals surface area contributed by atoms with Crippen LogP contribution in [0.15, 0.2) is 30.3 Å². The van der Waals surface area contributed by atoms with Crippen LogP contribution < -0.4 is 5.32 Å². The molecule has 1 saturated carbocycles. The lowest BCUT2D eigenvalue weighted by Gasteiger charge is -2.34. The van der Waals surface area contributed by atoms with Crippen molar-refractivity contribution >= 4 is 0 Å². The summed E-state index contributed by atoms with van der Waals surface area (Å²) in [6, 6.07) is 9.62. The highest BCUT2D eigenvalue weighted by Crippen LogP contribution is 2.31. The van der Waals surface area contributed by atoms with Crippen molar-refractivity contribution in [3.63, 3.8) is 0 Å². The normalized spacial score (nSPS) is 21.7. The van der Waals surface area contributed by atoms with Gasteiger partial charge < -0.3 is 15.5 Å². The molecule has 0 radical (unpaired) electrons. The Morgan fingerprint density at radius 2 is 1.83 bits per heavy atom. The molecule has 1 aliphatic carbocycles. The third kappa shape index (κ3) is 2.91. The van der Waals surface area contributed by atoms with Gasteiger partial charge in [0.2, 0.25) is 0 Å². The lowest BCUT2D eigenvalue weighted by atomic mass is 9.95. The average molecular weight is 249 g/mol. The second-order valence-electron chi connectivity index (χ2n) is 5.43. The van der Waals surface area contributed by atoms with Gasteiger partial charge in [0.25, 0.3) is 0 Å². The molecular formula is C15H23NO2. The maximum absolute atomic E-state index is 10.3. The van der Waals surface area contributed by atoms with E-state index in [-0.39, 0.29) is 18.2 Å². The zero-order valence-corrected chi connectivity index (χ0v) is 11.0. The summed E-state index contributed by atoms with van der Waals surface area (Å²) < 4.78 is 0. The van der Waals surface area contributed by atoms with E-state index in [1.807, 2.05) is 37.3 Å². The summed E-state index contributed by atoms with van der Waals surface area (Å²) in [5, 5.41) is 23.3. The van der Waals surface area contributed by atoms with E-state index >= 15 is 0 Å². The maximum atomic E-state index is 10.3. The van der Waals surface area contributed by atoms with Crippen molar-refractivity contribution < 1.29 is 10.2 Å². The number of benzene rings is 1. The van der Waals surface area contributed by atoms with E-state index in [1.54, 1.807) is 0 Å². The minimum absolute atomic E-state index is 0.0577. The molecule has 0 aromatic heterocycles. The first-order valence-electron chi connectivity index (χ1n) is 6.78. The first-order chi connectivity index (χ1) is 8.67. The van der Waals surface area contributed by atoms with E-state index in [1.165, 1.54) is 0 Å². The summed E-state index contributed by atoms with van der Waals surface area (Å²) in [6.45, 7) is 2.13. The fraction of sp³-hybridized carbons (Fsp3) is 0.600. The zero-order valence-electron chi connectivity index (χ0n) is 11.0. The van der Waals surface area contributed by atoms with Crippen molar-refractivity contribution in [2.75, 3.05) is 6.61 Å². The second kappa shape index (κ2) is 5.83. The van der Waals surface area contributed by atoms with E-state index in [4.69, 9.17) is 0 Å². The van der Waals surface area contributed by atoms with Crippen LogP contribution >= 0.6 is 0 Å². The Morgan fingerprint density at radius 3 is 2.39 bits per heavy atom. The van der Waals surface area contributed by atoms with Crippen molar-refractivity contribution in [3.8, 4) is 0 Å². The highest BCUT2D eigenvalue weighted by molar-refractivity contribution is 5.19. The van der Waals surface area contributed by atoms with Gasteiger partial charge in [0.05, 0.1) is 12.7 Å². The van der Waals surface area contributed by atoms with Crippen LogP contribution in [0.1, 0.15) is 44.3 Å². The molecule has 0 aliphatic heterocycles. The standard InChI is InChI=1S/C15H23NO2/c1-12(14(18)13-7-3-2-4-8-13)16-15(11-17)9-5-6-10-15/h2-4,7-8,12,14,16-18H,5-6,9-11H2,1H3. The molecule has 100 valence electrons. The Balaban J connectivity index is 2.01. The molecule has 3 heteroatoms. The molecule has 0 spiro atoms. The van der Waals surface area contributed by atoms with E-state index in [0.29, 0.717) is 0 Å². The van der Waals surface area contributed by atoms with Gasteiger partial charge in [-0.05, 0) is 25.3 Å². The fourth-order valence-electron chi connectivity index (χ4n) is 2.90. The van der Waals surface area contributed by atoms with Crippen LogP contribution in [0.2, 0.25) is 0 Å². The van der Waals surface area contributed by atoms with Crippen LogP contribution in [-0.2, 0) is 0 Å². The molecule has 3 nitrogen and oxygen atoms in total. The van der Waals surface area contributed by atoms with E-state index < -0.39 is 6.10 Å². The van der Waals surface area contributed by atoms with Crippen molar-refractivity contribution in [1.82, 2.24) is 5.32 Å². The third-order valence-electron chi connectivity index (χ3n) is 4.01. The van der Waals surface area contributed by atoms with Gasteiger partial charge in [-0.1, -0.05) is 43.2 Å². The predicted molar refractivity (Wildman–Crippen MR) is 72.3 cm³/mol. The minimum atomic E-state index is -0.532. The third-order valence-corrected chi connectivity index (χ3v) is 4.01. The van der Waals surface area contributed by atoms with E-state index in [0.717, 1.165) is 31.2 Å². The van der Waals surface area contributed by atoms with Crippen LogP contribution in [0.3, 0.4) is 0 Å². The molecule has 1 aromatic carbocycles. The van der Waals surface area contributed by atoms with E-state index in [2.05, 4.69) is 5.32 Å². The van der Waals surface area contributed by atoms with Gasteiger partial charge in [0.1, 0.15) is 0 Å². The van der Waals surface area contributed by atoms with Crippen LogP contribution in [-0.4, -0.2) is 28.4 Å². The fourth-order valence-corrected chi connectivity index (χ4v) is 2.90. The van der Waals surface area contributed by atoms with Gasteiger partial charge in [-0.25, -0.2) is 0 Å². The van der Waals surface area contributed by atoms with Crippen molar-refractivity contribution in [2.45, 2.75) is 50.3 Å². The van der Waals surface area contributed by atoms with Gasteiger partial charge in [-0.3, -0.25) is 0 Å². The van der Waals surface area contributed by atoms with Gasteiger partial charge in [-0.2, -0.15) is 0 Å². The minimum Gasteiger partial charge on any atom is -0.394 e. The van der Waals surface area contributed by atoms with Crippen LogP contribution in [0, 0.1) is 0 Å². The first kappa shape index (κ1) is 13.5. The lowest BCUT2D eigenvalue weighted by molar-refractivity contribution is 0.0882. The summed E-state index contributed by atoms with van der Waals surface area (Å²) in [7, 11) is 0. The topological polar surface area (TPSA) is 52.5 Å². The Bertz CT molecular complexity index is 360. The molecule has 1 fully saturated rings. The van der Waals surface area contributed by atoms with Crippen molar-refractivity contribution in [1.29, 1.82) is 0 Å². The Hall–Kier alpha value is -0.900.